The maximum atomic E-state index is 11.0. The van der Waals surface area contributed by atoms with Gasteiger partial charge < -0.3 is 9.63 Å². The Morgan fingerprint density at radius 3 is 2.57 bits per heavy atom. The molecule has 0 aliphatic carbocycles. The summed E-state index contributed by atoms with van der Waals surface area (Å²) in [5.74, 6) is -0.986. The van der Waals surface area contributed by atoms with Crippen LogP contribution in [0.5, 0.6) is 0 Å². The van der Waals surface area contributed by atoms with Crippen molar-refractivity contribution in [1.82, 2.24) is 0 Å². The summed E-state index contributed by atoms with van der Waals surface area (Å²) in [6.45, 7) is 4.25. The highest BCUT2D eigenvalue weighted by Gasteiger charge is 2.25. The van der Waals surface area contributed by atoms with Crippen molar-refractivity contribution in [3.8, 4) is 0 Å². The second kappa shape index (κ2) is 5.93. The van der Waals surface area contributed by atoms with Crippen molar-refractivity contribution in [3.05, 3.63) is 12.2 Å². The van der Waals surface area contributed by atoms with E-state index in [1.165, 1.54) is 6.92 Å². The van der Waals surface area contributed by atoms with E-state index < -0.39 is 13.8 Å². The van der Waals surface area contributed by atoms with Crippen LogP contribution in [0.3, 0.4) is 0 Å². The molecule has 14 heavy (non-hydrogen) atoms. The highest BCUT2D eigenvalue weighted by atomic mass is 31.2. The molecule has 0 aliphatic heterocycles. The molecule has 0 heterocycles. The Bertz CT molecular complexity index is 261. The van der Waals surface area contributed by atoms with E-state index in [4.69, 9.17) is 10.00 Å². The van der Waals surface area contributed by atoms with Gasteiger partial charge in [-0.3, -0.25) is 9.42 Å². The van der Waals surface area contributed by atoms with E-state index >= 15 is 0 Å². The molecule has 0 spiro atoms. The van der Waals surface area contributed by atoms with Gasteiger partial charge >= 0.3 is 13.8 Å². The molecule has 0 saturated heterocycles. The van der Waals surface area contributed by atoms with E-state index in [1.807, 2.05) is 0 Å². The monoisotopic (exact) mass is 224 g/mol. The van der Waals surface area contributed by atoms with Gasteiger partial charge in [0.1, 0.15) is 0 Å². The number of aliphatic hydroxyl groups excluding tert-OH is 1. The molecule has 0 radical (unpaired) electrons. The Hall–Kier alpha value is -0.680. The minimum absolute atomic E-state index is 0.00466. The molecule has 1 atom stereocenters. The number of rotatable bonds is 6. The first-order valence-electron chi connectivity index (χ1n) is 3.86. The summed E-state index contributed by atoms with van der Waals surface area (Å²) < 4.78 is 19.4. The quantitative estimate of drug-likeness (QED) is 0.390. The predicted molar refractivity (Wildman–Crippen MR) is 48.4 cm³/mol. The van der Waals surface area contributed by atoms with Gasteiger partial charge in [-0.2, -0.15) is 0 Å². The summed E-state index contributed by atoms with van der Waals surface area (Å²) >= 11 is 0. The van der Waals surface area contributed by atoms with Gasteiger partial charge in [0.15, 0.2) is 0 Å². The Kier molecular flexibility index (Phi) is 5.64. The van der Waals surface area contributed by atoms with Crippen molar-refractivity contribution >= 4 is 13.8 Å². The van der Waals surface area contributed by atoms with Gasteiger partial charge in [-0.25, -0.2) is 9.36 Å². The third-order valence-electron chi connectivity index (χ3n) is 1.10. The minimum Gasteiger partial charge on any atom is -0.396 e. The lowest BCUT2D eigenvalue weighted by Crippen LogP contribution is -2.06. The van der Waals surface area contributed by atoms with Crippen LogP contribution in [0.25, 0.3) is 0 Å². The van der Waals surface area contributed by atoms with Crippen LogP contribution in [0.15, 0.2) is 12.2 Å². The molecule has 0 aliphatic rings. The van der Waals surface area contributed by atoms with Crippen LogP contribution in [-0.2, 0) is 18.4 Å². The van der Waals surface area contributed by atoms with Gasteiger partial charge in [0.2, 0.25) is 0 Å². The lowest BCUT2D eigenvalue weighted by Gasteiger charge is -2.10. The third kappa shape index (κ3) is 5.88. The van der Waals surface area contributed by atoms with Crippen LogP contribution in [0.2, 0.25) is 0 Å². The van der Waals surface area contributed by atoms with E-state index in [0.29, 0.717) is 0 Å². The van der Waals surface area contributed by atoms with Crippen LogP contribution in [0, 0.1) is 0 Å². The summed E-state index contributed by atoms with van der Waals surface area (Å²) in [4.78, 5) is 19.7. The maximum absolute atomic E-state index is 11.0. The Balaban J connectivity index is 4.01. The first kappa shape index (κ1) is 13.3. The number of carbonyl (C=O) groups excluding carboxylic acids is 1. The highest BCUT2D eigenvalue weighted by molar-refractivity contribution is 7.48. The van der Waals surface area contributed by atoms with Crippen molar-refractivity contribution in [2.24, 2.45) is 0 Å². The van der Waals surface area contributed by atoms with Crippen LogP contribution >= 0.6 is 7.82 Å². The van der Waals surface area contributed by atoms with Crippen LogP contribution in [0.4, 0.5) is 0 Å². The molecule has 0 aromatic carbocycles. The summed E-state index contributed by atoms with van der Waals surface area (Å²) in [7, 11) is -4.35. The molecule has 0 saturated carbocycles. The standard InChI is InChI=1S/C7H13O6P/c1-6(2)7(9)13-14(10,11)12-5-3-4-8/h8H,1,3-5H2,2H3,(H,10,11). The van der Waals surface area contributed by atoms with E-state index in [9.17, 15) is 9.36 Å². The van der Waals surface area contributed by atoms with Gasteiger partial charge in [0.05, 0.1) is 6.61 Å². The van der Waals surface area contributed by atoms with Crippen LogP contribution < -0.4 is 0 Å². The summed E-state index contributed by atoms with van der Waals surface area (Å²) in [5, 5.41) is 8.36. The fourth-order valence-corrected chi connectivity index (χ4v) is 1.23. The maximum Gasteiger partial charge on any atom is 0.529 e. The first-order chi connectivity index (χ1) is 6.39. The number of carbonyl (C=O) groups is 1. The molecule has 0 rings (SSSR count). The number of hydrogen-bond donors (Lipinski definition) is 2. The second-order valence-electron chi connectivity index (χ2n) is 2.54. The first-order valence-corrected chi connectivity index (χ1v) is 5.36. The van der Waals surface area contributed by atoms with E-state index in [-0.39, 0.29) is 25.2 Å². The van der Waals surface area contributed by atoms with Gasteiger partial charge in [-0.15, -0.1) is 0 Å². The number of aliphatic hydroxyl groups is 1. The molecular formula is C7H13O6P. The largest absolute Gasteiger partial charge is 0.529 e. The molecule has 0 amide bonds. The molecule has 0 bridgehead atoms. The minimum atomic E-state index is -4.35. The van der Waals surface area contributed by atoms with Gasteiger partial charge in [-0.1, -0.05) is 6.58 Å². The molecule has 0 fully saturated rings. The topological polar surface area (TPSA) is 93.1 Å². The van der Waals surface area contributed by atoms with Crippen LogP contribution in [-0.4, -0.2) is 29.2 Å². The normalized spacial score (nSPS) is 14.5. The predicted octanol–water partition coefficient (Wildman–Crippen LogP) is 0.605. The zero-order valence-corrected chi connectivity index (χ0v) is 8.70. The van der Waals surface area contributed by atoms with E-state index in [0.717, 1.165) is 0 Å². The smallest absolute Gasteiger partial charge is 0.396 e. The Labute approximate surface area is 81.8 Å². The highest BCUT2D eigenvalue weighted by Crippen LogP contribution is 2.43. The molecule has 0 aromatic rings. The van der Waals surface area contributed by atoms with Gasteiger partial charge in [-0.05, 0) is 13.3 Å². The lowest BCUT2D eigenvalue weighted by atomic mass is 10.4. The van der Waals surface area contributed by atoms with Crippen LogP contribution in [0.1, 0.15) is 13.3 Å². The molecule has 0 aromatic heterocycles. The molecule has 2 N–H and O–H groups in total. The van der Waals surface area contributed by atoms with Crippen molar-refractivity contribution in [2.75, 3.05) is 13.2 Å². The third-order valence-corrected chi connectivity index (χ3v) is 2.01. The second-order valence-corrected chi connectivity index (χ2v) is 3.92. The lowest BCUT2D eigenvalue weighted by molar-refractivity contribution is -0.131. The Morgan fingerprint density at radius 1 is 1.57 bits per heavy atom. The fourth-order valence-electron chi connectivity index (χ4n) is 0.454. The number of hydrogen-bond acceptors (Lipinski definition) is 5. The summed E-state index contributed by atoms with van der Waals surface area (Å²) in [5.41, 5.74) is 0.00466. The molecule has 82 valence electrons. The fraction of sp³-hybridized carbons (Fsp3) is 0.571. The van der Waals surface area contributed by atoms with E-state index in [1.54, 1.807) is 0 Å². The average molecular weight is 224 g/mol. The molecular weight excluding hydrogens is 211 g/mol. The van der Waals surface area contributed by atoms with Crippen molar-refractivity contribution in [3.63, 3.8) is 0 Å². The zero-order chi connectivity index (χ0) is 11.2. The van der Waals surface area contributed by atoms with Crippen molar-refractivity contribution in [1.29, 1.82) is 0 Å². The van der Waals surface area contributed by atoms with Crippen molar-refractivity contribution < 1.29 is 28.4 Å². The molecule has 6 nitrogen and oxygen atoms in total. The molecule has 1 unspecified atom stereocenters. The SMILES string of the molecule is C=C(C)C(=O)OP(=O)(O)OCCCO. The van der Waals surface area contributed by atoms with Gasteiger partial charge in [0, 0.05) is 12.2 Å². The average Bonchev–Trinajstić information content (AvgIpc) is 2.03. The van der Waals surface area contributed by atoms with Gasteiger partial charge in [0.25, 0.3) is 0 Å². The number of phosphoric acid groups is 1. The molecule has 7 heteroatoms. The zero-order valence-electron chi connectivity index (χ0n) is 7.80. The van der Waals surface area contributed by atoms with Crippen molar-refractivity contribution in [2.45, 2.75) is 13.3 Å². The number of phosphoric ester groups is 1. The Morgan fingerprint density at radius 2 is 2.14 bits per heavy atom. The summed E-state index contributed by atoms with van der Waals surface area (Å²) in [6, 6.07) is 0. The van der Waals surface area contributed by atoms with E-state index in [2.05, 4.69) is 15.6 Å². The summed E-state index contributed by atoms with van der Waals surface area (Å²) in [6.07, 6.45) is 0.190.